The van der Waals surface area contributed by atoms with Crippen LogP contribution in [-0.2, 0) is 4.79 Å². The number of nitrogens with zero attached hydrogens (tertiary/aromatic N) is 1. The molecule has 0 unspecified atom stereocenters. The van der Waals surface area contributed by atoms with Gasteiger partial charge in [0.05, 0.1) is 6.10 Å². The summed E-state index contributed by atoms with van der Waals surface area (Å²) in [4.78, 5) is 24.9. The quantitative estimate of drug-likeness (QED) is 0.833. The minimum Gasteiger partial charge on any atom is -0.480 e. The van der Waals surface area contributed by atoms with Gasteiger partial charge in [0.15, 0.2) is 0 Å². The minimum absolute atomic E-state index is 0.0730. The van der Waals surface area contributed by atoms with E-state index in [1.54, 1.807) is 0 Å². The third-order valence-electron chi connectivity index (χ3n) is 3.52. The Morgan fingerprint density at radius 2 is 1.84 bits per heavy atom. The summed E-state index contributed by atoms with van der Waals surface area (Å²) >= 11 is 0. The molecular weight excluding hydrogens is 246 g/mol. The van der Waals surface area contributed by atoms with E-state index < -0.39 is 18.1 Å². The first kappa shape index (κ1) is 13.5. The number of amides is 1. The second-order valence-corrected chi connectivity index (χ2v) is 4.97. The maximum Gasteiger partial charge on any atom is 0.326 e. The summed E-state index contributed by atoms with van der Waals surface area (Å²) in [6.45, 7) is 3.72. The number of carbonyl (C=O) groups is 2. The molecule has 1 amide bonds. The van der Waals surface area contributed by atoms with E-state index in [2.05, 4.69) is 0 Å². The number of hydrogen-bond acceptors (Lipinski definition) is 3. The smallest absolute Gasteiger partial charge is 0.326 e. The van der Waals surface area contributed by atoms with Crippen molar-refractivity contribution >= 4 is 11.9 Å². The van der Waals surface area contributed by atoms with E-state index in [9.17, 15) is 14.7 Å². The van der Waals surface area contributed by atoms with Crippen molar-refractivity contribution in [2.45, 2.75) is 32.4 Å². The molecule has 5 nitrogen and oxygen atoms in total. The number of likely N-dealkylation sites (tertiary alicyclic amines) is 1. The fraction of sp³-hybridized carbons (Fsp3) is 0.429. The summed E-state index contributed by atoms with van der Waals surface area (Å²) in [5.74, 6) is -1.39. The Kier molecular flexibility index (Phi) is 3.57. The van der Waals surface area contributed by atoms with Gasteiger partial charge in [-0.2, -0.15) is 0 Å². The lowest BCUT2D eigenvalue weighted by Crippen LogP contribution is -2.41. The lowest BCUT2D eigenvalue weighted by molar-refractivity contribution is -0.141. The van der Waals surface area contributed by atoms with Gasteiger partial charge in [-0.25, -0.2) is 4.79 Å². The zero-order valence-electron chi connectivity index (χ0n) is 11.0. The van der Waals surface area contributed by atoms with E-state index in [1.807, 2.05) is 32.0 Å². The average molecular weight is 263 g/mol. The molecule has 19 heavy (non-hydrogen) atoms. The average Bonchev–Trinajstić information content (AvgIpc) is 2.71. The van der Waals surface area contributed by atoms with E-state index in [1.165, 1.54) is 4.90 Å². The number of aliphatic hydroxyl groups excluding tert-OH is 1. The molecule has 0 radical (unpaired) electrons. The van der Waals surface area contributed by atoms with Crippen molar-refractivity contribution in [2.24, 2.45) is 0 Å². The third kappa shape index (κ3) is 2.46. The highest BCUT2D eigenvalue weighted by Crippen LogP contribution is 2.23. The lowest BCUT2D eigenvalue weighted by Gasteiger charge is -2.23. The van der Waals surface area contributed by atoms with E-state index in [0.29, 0.717) is 5.56 Å². The van der Waals surface area contributed by atoms with Crippen LogP contribution in [0, 0.1) is 13.8 Å². The molecule has 0 saturated carbocycles. The van der Waals surface area contributed by atoms with Crippen molar-refractivity contribution in [3.8, 4) is 0 Å². The Bertz CT molecular complexity index is 506. The minimum atomic E-state index is -1.07. The van der Waals surface area contributed by atoms with Crippen molar-refractivity contribution in [2.75, 3.05) is 6.54 Å². The Morgan fingerprint density at radius 1 is 1.26 bits per heavy atom. The summed E-state index contributed by atoms with van der Waals surface area (Å²) in [6.07, 6.45) is -0.680. The zero-order valence-corrected chi connectivity index (χ0v) is 11.0. The highest BCUT2D eigenvalue weighted by molar-refractivity contribution is 5.99. The number of hydrogen-bond donors (Lipinski definition) is 2. The summed E-state index contributed by atoms with van der Waals surface area (Å²) in [7, 11) is 0. The van der Waals surface area contributed by atoms with Gasteiger partial charge in [0.2, 0.25) is 0 Å². The molecule has 1 heterocycles. The Morgan fingerprint density at radius 3 is 2.37 bits per heavy atom. The predicted octanol–water partition coefficient (Wildman–Crippen LogP) is 0.963. The summed E-state index contributed by atoms with van der Waals surface area (Å²) < 4.78 is 0. The van der Waals surface area contributed by atoms with Crippen LogP contribution in [-0.4, -0.2) is 45.7 Å². The van der Waals surface area contributed by atoms with Gasteiger partial charge in [-0.15, -0.1) is 0 Å². The van der Waals surface area contributed by atoms with Crippen molar-refractivity contribution in [3.63, 3.8) is 0 Å². The molecule has 102 valence electrons. The van der Waals surface area contributed by atoms with Crippen LogP contribution < -0.4 is 0 Å². The molecular formula is C14H17NO4. The van der Waals surface area contributed by atoms with Gasteiger partial charge in [0.25, 0.3) is 5.91 Å². The van der Waals surface area contributed by atoms with Crippen molar-refractivity contribution in [1.82, 2.24) is 4.90 Å². The van der Waals surface area contributed by atoms with Gasteiger partial charge in [0, 0.05) is 18.5 Å². The molecule has 1 aromatic rings. The van der Waals surface area contributed by atoms with Crippen LogP contribution >= 0.6 is 0 Å². The van der Waals surface area contributed by atoms with Crippen LogP contribution in [0.25, 0.3) is 0 Å². The summed E-state index contributed by atoms with van der Waals surface area (Å²) in [5, 5.41) is 18.7. The first-order valence-electron chi connectivity index (χ1n) is 6.20. The molecule has 0 aliphatic carbocycles. The van der Waals surface area contributed by atoms with E-state index in [0.717, 1.165) is 11.1 Å². The molecule has 2 atom stereocenters. The molecule has 0 aromatic heterocycles. The number of carboxylic acid groups (broad SMARTS) is 1. The number of benzene rings is 1. The number of rotatable bonds is 2. The Hall–Kier alpha value is -1.88. The number of β-amino-alcohol motifs (C(OH)–C–C–N with tert-alkyl or cyclic N) is 1. The van der Waals surface area contributed by atoms with Gasteiger partial charge in [-0.1, -0.05) is 18.2 Å². The molecule has 1 saturated heterocycles. The second-order valence-electron chi connectivity index (χ2n) is 4.97. The monoisotopic (exact) mass is 263 g/mol. The molecule has 2 N–H and O–H groups in total. The highest BCUT2D eigenvalue weighted by atomic mass is 16.4. The standard InChI is InChI=1S/C14H17NO4/c1-8-4-3-5-9(2)12(8)13(17)15-7-10(16)6-11(15)14(18)19/h3-5,10-11,16H,6-7H2,1-2H3,(H,18,19)/t10-,11-/m0/s1. The number of aryl methyl sites for hydroxylation is 2. The van der Waals surface area contributed by atoms with E-state index in [4.69, 9.17) is 5.11 Å². The van der Waals surface area contributed by atoms with E-state index >= 15 is 0 Å². The fourth-order valence-electron chi connectivity index (χ4n) is 2.57. The predicted molar refractivity (Wildman–Crippen MR) is 69.0 cm³/mol. The Labute approximate surface area is 111 Å². The van der Waals surface area contributed by atoms with Crippen LogP contribution in [0.1, 0.15) is 27.9 Å². The van der Waals surface area contributed by atoms with Gasteiger partial charge >= 0.3 is 5.97 Å². The second kappa shape index (κ2) is 5.01. The van der Waals surface area contributed by atoms with Gasteiger partial charge in [-0.3, -0.25) is 4.79 Å². The number of carbonyl (C=O) groups excluding carboxylic acids is 1. The van der Waals surface area contributed by atoms with Crippen LogP contribution in [0.5, 0.6) is 0 Å². The van der Waals surface area contributed by atoms with Crippen molar-refractivity contribution in [3.05, 3.63) is 34.9 Å². The maximum absolute atomic E-state index is 12.5. The molecule has 2 rings (SSSR count). The van der Waals surface area contributed by atoms with Crippen LogP contribution in [0.2, 0.25) is 0 Å². The van der Waals surface area contributed by atoms with Crippen LogP contribution in [0.4, 0.5) is 0 Å². The zero-order chi connectivity index (χ0) is 14.2. The third-order valence-corrected chi connectivity index (χ3v) is 3.52. The van der Waals surface area contributed by atoms with E-state index in [-0.39, 0.29) is 18.9 Å². The number of aliphatic hydroxyl groups is 1. The Balaban J connectivity index is 2.36. The topological polar surface area (TPSA) is 77.8 Å². The molecule has 1 fully saturated rings. The summed E-state index contributed by atoms with van der Waals surface area (Å²) in [6, 6.07) is 4.56. The lowest BCUT2D eigenvalue weighted by atomic mass is 10.0. The van der Waals surface area contributed by atoms with Gasteiger partial charge < -0.3 is 15.1 Å². The van der Waals surface area contributed by atoms with Gasteiger partial charge in [0.1, 0.15) is 6.04 Å². The first-order chi connectivity index (χ1) is 8.91. The SMILES string of the molecule is Cc1cccc(C)c1C(=O)N1C[C@@H](O)C[C@H]1C(=O)O. The first-order valence-corrected chi connectivity index (χ1v) is 6.20. The van der Waals surface area contributed by atoms with Crippen molar-refractivity contribution < 1.29 is 19.8 Å². The van der Waals surface area contributed by atoms with Crippen molar-refractivity contribution in [1.29, 1.82) is 0 Å². The van der Waals surface area contributed by atoms with Crippen LogP contribution in [0.3, 0.4) is 0 Å². The van der Waals surface area contributed by atoms with Gasteiger partial charge in [-0.05, 0) is 25.0 Å². The number of aliphatic carboxylic acids is 1. The normalized spacial score (nSPS) is 22.6. The molecule has 0 spiro atoms. The maximum atomic E-state index is 12.5. The van der Waals surface area contributed by atoms with Crippen LogP contribution in [0.15, 0.2) is 18.2 Å². The fourth-order valence-corrected chi connectivity index (χ4v) is 2.57. The molecule has 1 aliphatic heterocycles. The summed E-state index contributed by atoms with van der Waals surface area (Å²) in [5.41, 5.74) is 2.16. The highest BCUT2D eigenvalue weighted by Gasteiger charge is 2.39. The molecule has 5 heteroatoms. The largest absolute Gasteiger partial charge is 0.480 e. The molecule has 1 aliphatic rings. The molecule has 1 aromatic carbocycles. The molecule has 0 bridgehead atoms. The number of carboxylic acids is 1.